The van der Waals surface area contributed by atoms with Crippen molar-refractivity contribution in [2.75, 3.05) is 57.8 Å². The molecule has 162 valence electrons. The van der Waals surface area contributed by atoms with Gasteiger partial charge in [-0.25, -0.2) is 9.97 Å². The van der Waals surface area contributed by atoms with Crippen LogP contribution in [-0.2, 0) is 0 Å². The van der Waals surface area contributed by atoms with Gasteiger partial charge in [-0.1, -0.05) is 36.8 Å². The van der Waals surface area contributed by atoms with E-state index in [9.17, 15) is 0 Å². The standard InChI is InChI=1S/C23H35N7/c1-19-7-4-8-21(17-19)20(2)18-28-22(24-3)25-11-6-12-29-13-15-30(16-14-29)23-26-9-5-10-27-23/h4-5,7-10,17,20H,6,11-16,18H2,1-3H3,(H2,24,25,28). The largest absolute Gasteiger partial charge is 0.356 e. The number of guanidine groups is 1. The van der Waals surface area contributed by atoms with Crippen molar-refractivity contribution in [3.8, 4) is 0 Å². The molecule has 30 heavy (non-hydrogen) atoms. The summed E-state index contributed by atoms with van der Waals surface area (Å²) in [6.07, 6.45) is 4.71. The molecule has 7 heteroatoms. The lowest BCUT2D eigenvalue weighted by Gasteiger charge is -2.34. The Hall–Kier alpha value is -2.67. The van der Waals surface area contributed by atoms with Gasteiger partial charge in [-0.05, 0) is 37.4 Å². The maximum atomic E-state index is 4.36. The molecule has 2 aromatic rings. The number of anilines is 1. The van der Waals surface area contributed by atoms with Gasteiger partial charge in [0.2, 0.25) is 5.95 Å². The molecule has 0 aliphatic carbocycles. The van der Waals surface area contributed by atoms with Crippen LogP contribution >= 0.6 is 0 Å². The van der Waals surface area contributed by atoms with E-state index in [0.717, 1.165) is 64.1 Å². The topological polar surface area (TPSA) is 68.7 Å². The Labute approximate surface area is 180 Å². The molecule has 0 amide bonds. The number of rotatable bonds is 8. The number of aliphatic imine (C=N–C) groups is 1. The SMILES string of the molecule is CN=C(NCCCN1CCN(c2ncccn2)CC1)NCC(C)c1cccc(C)c1. The molecule has 1 unspecified atom stereocenters. The van der Waals surface area contributed by atoms with Crippen LogP contribution in [0.15, 0.2) is 47.7 Å². The summed E-state index contributed by atoms with van der Waals surface area (Å²) in [5.74, 6) is 2.16. The van der Waals surface area contributed by atoms with Gasteiger partial charge in [-0.3, -0.25) is 9.89 Å². The smallest absolute Gasteiger partial charge is 0.225 e. The van der Waals surface area contributed by atoms with Gasteiger partial charge in [0.1, 0.15) is 0 Å². The summed E-state index contributed by atoms with van der Waals surface area (Å²) in [5, 5.41) is 6.90. The number of aromatic nitrogens is 2. The Bertz CT molecular complexity index is 785. The zero-order valence-corrected chi connectivity index (χ0v) is 18.5. The molecule has 1 aliphatic rings. The van der Waals surface area contributed by atoms with Crippen LogP contribution in [0.25, 0.3) is 0 Å². The molecular formula is C23H35N7. The molecule has 0 radical (unpaired) electrons. The first-order valence-electron chi connectivity index (χ1n) is 10.9. The Balaban J connectivity index is 1.31. The molecular weight excluding hydrogens is 374 g/mol. The number of nitrogens with zero attached hydrogens (tertiary/aromatic N) is 5. The first-order chi connectivity index (χ1) is 14.7. The highest BCUT2D eigenvalue weighted by molar-refractivity contribution is 5.79. The van der Waals surface area contributed by atoms with Crippen LogP contribution in [0.3, 0.4) is 0 Å². The average molecular weight is 410 g/mol. The highest BCUT2D eigenvalue weighted by atomic mass is 15.3. The normalized spacial score (nSPS) is 16.4. The fourth-order valence-corrected chi connectivity index (χ4v) is 3.70. The van der Waals surface area contributed by atoms with Crippen molar-refractivity contribution < 1.29 is 0 Å². The number of hydrogen-bond acceptors (Lipinski definition) is 5. The van der Waals surface area contributed by atoms with Gasteiger partial charge in [0.15, 0.2) is 5.96 Å². The molecule has 3 rings (SSSR count). The highest BCUT2D eigenvalue weighted by Gasteiger charge is 2.18. The van der Waals surface area contributed by atoms with Crippen LogP contribution in [0.2, 0.25) is 0 Å². The minimum absolute atomic E-state index is 0.438. The fraction of sp³-hybridized carbons (Fsp3) is 0.522. The van der Waals surface area contributed by atoms with E-state index in [4.69, 9.17) is 0 Å². The third-order valence-corrected chi connectivity index (χ3v) is 5.56. The van der Waals surface area contributed by atoms with E-state index in [-0.39, 0.29) is 0 Å². The predicted octanol–water partition coefficient (Wildman–Crippen LogP) is 2.27. The molecule has 0 spiro atoms. The quantitative estimate of drug-likeness (QED) is 0.396. The second kappa shape index (κ2) is 11.5. The molecule has 1 aromatic carbocycles. The molecule has 2 heterocycles. The molecule has 1 fully saturated rings. The van der Waals surface area contributed by atoms with E-state index in [1.54, 1.807) is 0 Å². The number of nitrogens with one attached hydrogen (secondary N) is 2. The van der Waals surface area contributed by atoms with Crippen molar-refractivity contribution in [1.82, 2.24) is 25.5 Å². The lowest BCUT2D eigenvalue weighted by molar-refractivity contribution is 0.254. The second-order valence-corrected chi connectivity index (χ2v) is 7.93. The Morgan fingerprint density at radius 3 is 2.57 bits per heavy atom. The van der Waals surface area contributed by atoms with E-state index in [0.29, 0.717) is 5.92 Å². The van der Waals surface area contributed by atoms with E-state index < -0.39 is 0 Å². The summed E-state index contributed by atoms with van der Waals surface area (Å²) in [4.78, 5) is 17.8. The van der Waals surface area contributed by atoms with Crippen LogP contribution in [0.1, 0.15) is 30.4 Å². The van der Waals surface area contributed by atoms with Gasteiger partial charge in [0.05, 0.1) is 0 Å². The van der Waals surface area contributed by atoms with Crippen molar-refractivity contribution in [2.45, 2.75) is 26.2 Å². The lowest BCUT2D eigenvalue weighted by atomic mass is 9.99. The second-order valence-electron chi connectivity index (χ2n) is 7.93. The Kier molecular flexibility index (Phi) is 8.44. The number of benzene rings is 1. The minimum atomic E-state index is 0.438. The summed E-state index contributed by atoms with van der Waals surface area (Å²) in [6.45, 7) is 11.3. The predicted molar refractivity (Wildman–Crippen MR) is 124 cm³/mol. The van der Waals surface area contributed by atoms with Crippen molar-refractivity contribution in [3.05, 3.63) is 53.9 Å². The van der Waals surface area contributed by atoms with Gasteiger partial charge in [0.25, 0.3) is 0 Å². The van der Waals surface area contributed by atoms with Crippen molar-refractivity contribution in [1.29, 1.82) is 0 Å². The summed E-state index contributed by atoms with van der Waals surface area (Å²) >= 11 is 0. The molecule has 1 atom stereocenters. The van der Waals surface area contributed by atoms with Crippen molar-refractivity contribution >= 4 is 11.9 Å². The highest BCUT2D eigenvalue weighted by Crippen LogP contribution is 2.15. The van der Waals surface area contributed by atoms with Gasteiger partial charge in [0, 0.05) is 58.7 Å². The fourth-order valence-electron chi connectivity index (χ4n) is 3.70. The summed E-state index contributed by atoms with van der Waals surface area (Å²) in [5.41, 5.74) is 2.66. The van der Waals surface area contributed by atoms with Gasteiger partial charge < -0.3 is 15.5 Å². The molecule has 0 bridgehead atoms. The first-order valence-corrected chi connectivity index (χ1v) is 10.9. The van der Waals surface area contributed by atoms with Crippen LogP contribution in [0.4, 0.5) is 5.95 Å². The number of hydrogen-bond donors (Lipinski definition) is 2. The molecule has 7 nitrogen and oxygen atoms in total. The number of piperazine rings is 1. The lowest BCUT2D eigenvalue weighted by Crippen LogP contribution is -2.47. The maximum absolute atomic E-state index is 4.36. The van der Waals surface area contributed by atoms with Gasteiger partial charge in [-0.2, -0.15) is 0 Å². The molecule has 2 N–H and O–H groups in total. The minimum Gasteiger partial charge on any atom is -0.356 e. The monoisotopic (exact) mass is 409 g/mol. The summed E-state index contributed by atoms with van der Waals surface area (Å²) in [6, 6.07) is 10.6. The summed E-state index contributed by atoms with van der Waals surface area (Å²) < 4.78 is 0. The maximum Gasteiger partial charge on any atom is 0.225 e. The zero-order chi connectivity index (χ0) is 21.2. The van der Waals surface area contributed by atoms with Crippen LogP contribution in [-0.4, -0.2) is 73.7 Å². The molecule has 0 saturated carbocycles. The van der Waals surface area contributed by atoms with E-state index in [2.05, 4.69) is 73.5 Å². The van der Waals surface area contributed by atoms with Crippen molar-refractivity contribution in [3.63, 3.8) is 0 Å². The number of aryl methyl sites for hydroxylation is 1. The van der Waals surface area contributed by atoms with Crippen LogP contribution in [0, 0.1) is 6.92 Å². The van der Waals surface area contributed by atoms with E-state index in [1.165, 1.54) is 11.1 Å². The summed E-state index contributed by atoms with van der Waals surface area (Å²) in [7, 11) is 1.83. The van der Waals surface area contributed by atoms with Crippen LogP contribution in [0.5, 0.6) is 0 Å². The third kappa shape index (κ3) is 6.69. The van der Waals surface area contributed by atoms with Gasteiger partial charge >= 0.3 is 0 Å². The third-order valence-electron chi connectivity index (χ3n) is 5.56. The zero-order valence-electron chi connectivity index (χ0n) is 18.5. The molecule has 1 aliphatic heterocycles. The Morgan fingerprint density at radius 1 is 1.10 bits per heavy atom. The van der Waals surface area contributed by atoms with Crippen LogP contribution < -0.4 is 15.5 Å². The first kappa shape index (κ1) is 22.0. The Morgan fingerprint density at radius 2 is 1.87 bits per heavy atom. The molecule has 1 aromatic heterocycles. The van der Waals surface area contributed by atoms with E-state index in [1.807, 2.05) is 25.5 Å². The van der Waals surface area contributed by atoms with Gasteiger partial charge in [-0.15, -0.1) is 0 Å². The van der Waals surface area contributed by atoms with E-state index >= 15 is 0 Å². The molecule has 1 saturated heterocycles. The average Bonchev–Trinajstić information content (AvgIpc) is 2.79. The van der Waals surface area contributed by atoms with Crippen molar-refractivity contribution in [2.24, 2.45) is 4.99 Å².